The first-order valence-corrected chi connectivity index (χ1v) is 9.15. The molecule has 0 bridgehead atoms. The number of hydrogen-bond acceptors (Lipinski definition) is 6. The van der Waals surface area contributed by atoms with Crippen LogP contribution in [-0.4, -0.2) is 33.0 Å². The highest BCUT2D eigenvalue weighted by Crippen LogP contribution is 2.24. The van der Waals surface area contributed by atoms with E-state index in [0.29, 0.717) is 17.3 Å². The molecule has 0 unspecified atom stereocenters. The second-order valence-electron chi connectivity index (χ2n) is 5.90. The van der Waals surface area contributed by atoms with Crippen LogP contribution in [0.15, 0.2) is 34.2 Å². The lowest BCUT2D eigenvalue weighted by Crippen LogP contribution is -2.12. The van der Waals surface area contributed by atoms with Crippen molar-refractivity contribution in [3.05, 3.63) is 36.0 Å². The Balaban J connectivity index is 1.93. The minimum Gasteiger partial charge on any atom is -0.469 e. The van der Waals surface area contributed by atoms with Crippen LogP contribution in [0.1, 0.15) is 31.3 Å². The third kappa shape index (κ3) is 2.86. The van der Waals surface area contributed by atoms with Gasteiger partial charge in [0.2, 0.25) is 15.0 Å². The van der Waals surface area contributed by atoms with Gasteiger partial charge in [0.1, 0.15) is 11.5 Å². The Labute approximate surface area is 140 Å². The Morgan fingerprint density at radius 2 is 2.00 bits per heavy atom. The number of sulfone groups is 1. The highest BCUT2D eigenvalue weighted by molar-refractivity contribution is 7.90. The molecule has 3 aromatic rings. The van der Waals surface area contributed by atoms with Gasteiger partial charge in [0.05, 0.1) is 17.5 Å². The Hall–Kier alpha value is -2.42. The van der Waals surface area contributed by atoms with Crippen LogP contribution >= 0.6 is 0 Å². The Morgan fingerprint density at radius 1 is 1.25 bits per heavy atom. The second kappa shape index (κ2) is 5.90. The van der Waals surface area contributed by atoms with Crippen molar-refractivity contribution in [3.8, 4) is 11.4 Å². The van der Waals surface area contributed by atoms with Gasteiger partial charge in [-0.25, -0.2) is 8.42 Å². The van der Waals surface area contributed by atoms with Crippen LogP contribution in [0.5, 0.6) is 0 Å². The highest BCUT2D eigenvalue weighted by Gasteiger charge is 2.26. The predicted octanol–water partition coefficient (Wildman–Crippen LogP) is 2.13. The normalized spacial score (nSPS) is 12.2. The topological polar surface area (TPSA) is 95.8 Å². The third-order valence-corrected chi connectivity index (χ3v) is 5.33. The van der Waals surface area contributed by atoms with Crippen molar-refractivity contribution in [1.82, 2.24) is 24.5 Å². The molecular formula is C15H19N5O3S. The molecule has 128 valence electrons. The molecule has 3 rings (SSSR count). The predicted molar refractivity (Wildman–Crippen MR) is 86.9 cm³/mol. The minimum atomic E-state index is -3.66. The summed E-state index contributed by atoms with van der Waals surface area (Å²) >= 11 is 0. The quantitative estimate of drug-likeness (QED) is 0.700. The molecule has 0 amide bonds. The van der Waals surface area contributed by atoms with E-state index in [-0.39, 0.29) is 17.0 Å². The first kappa shape index (κ1) is 16.4. The van der Waals surface area contributed by atoms with E-state index in [1.165, 1.54) is 10.8 Å². The largest absolute Gasteiger partial charge is 0.469 e. The van der Waals surface area contributed by atoms with E-state index < -0.39 is 9.84 Å². The van der Waals surface area contributed by atoms with Gasteiger partial charge in [0.25, 0.3) is 0 Å². The van der Waals surface area contributed by atoms with Crippen molar-refractivity contribution in [3.63, 3.8) is 0 Å². The van der Waals surface area contributed by atoms with Gasteiger partial charge in [-0.05, 0) is 32.9 Å². The van der Waals surface area contributed by atoms with E-state index in [1.807, 2.05) is 13.8 Å². The van der Waals surface area contributed by atoms with E-state index in [9.17, 15) is 8.42 Å². The maximum atomic E-state index is 12.7. The van der Waals surface area contributed by atoms with E-state index >= 15 is 0 Å². The molecule has 3 heterocycles. The number of rotatable bonds is 5. The Morgan fingerprint density at radius 3 is 2.58 bits per heavy atom. The zero-order chi connectivity index (χ0) is 17.5. The van der Waals surface area contributed by atoms with Gasteiger partial charge in [0, 0.05) is 19.3 Å². The number of furan rings is 1. The van der Waals surface area contributed by atoms with Crippen LogP contribution < -0.4 is 0 Å². The number of nitrogens with zero attached hydrogens (tertiary/aromatic N) is 5. The molecule has 0 aliphatic carbocycles. The fourth-order valence-electron chi connectivity index (χ4n) is 2.44. The highest BCUT2D eigenvalue weighted by atomic mass is 32.2. The number of aryl methyl sites for hydroxylation is 1. The summed E-state index contributed by atoms with van der Waals surface area (Å²) in [6.07, 6.45) is 3.30. The standard InChI is InChI=1S/C15H19N5O3S/c1-10(2)20-7-5-12(18-20)9-24(21,22)15-17-16-14(19(15)4)13-6-8-23-11(13)3/h5-8,10H,9H2,1-4H3. The van der Waals surface area contributed by atoms with Crippen LogP contribution in [0.2, 0.25) is 0 Å². The average molecular weight is 349 g/mol. The van der Waals surface area contributed by atoms with E-state index in [0.717, 1.165) is 5.56 Å². The molecule has 8 nitrogen and oxygen atoms in total. The lowest BCUT2D eigenvalue weighted by molar-refractivity contribution is 0.527. The summed E-state index contributed by atoms with van der Waals surface area (Å²) in [5.74, 6) is 0.890. The molecule has 0 saturated heterocycles. The van der Waals surface area contributed by atoms with Gasteiger partial charge in [-0.2, -0.15) is 5.10 Å². The van der Waals surface area contributed by atoms with Crippen LogP contribution in [0.25, 0.3) is 11.4 Å². The van der Waals surface area contributed by atoms with Gasteiger partial charge in [-0.1, -0.05) is 0 Å². The SMILES string of the molecule is Cc1occc1-c1nnc(S(=O)(=O)Cc2ccn(C(C)C)n2)n1C. The number of hydrogen-bond donors (Lipinski definition) is 0. The summed E-state index contributed by atoms with van der Waals surface area (Å²) in [6.45, 7) is 5.75. The second-order valence-corrected chi connectivity index (χ2v) is 7.78. The molecule has 0 fully saturated rings. The van der Waals surface area contributed by atoms with Gasteiger partial charge >= 0.3 is 0 Å². The molecule has 0 aliphatic heterocycles. The molecule has 0 spiro atoms. The average Bonchev–Trinajstić information content (AvgIpc) is 3.19. The van der Waals surface area contributed by atoms with Gasteiger partial charge in [-0.3, -0.25) is 4.68 Å². The lowest BCUT2D eigenvalue weighted by atomic mass is 10.2. The van der Waals surface area contributed by atoms with Crippen molar-refractivity contribution in [2.24, 2.45) is 7.05 Å². The molecule has 0 aliphatic rings. The van der Waals surface area contributed by atoms with Crippen molar-refractivity contribution in [2.75, 3.05) is 0 Å². The molecule has 9 heteroatoms. The molecule has 24 heavy (non-hydrogen) atoms. The van der Waals surface area contributed by atoms with E-state index in [2.05, 4.69) is 15.3 Å². The monoisotopic (exact) mass is 349 g/mol. The molecule has 0 aromatic carbocycles. The van der Waals surface area contributed by atoms with Crippen LogP contribution in [0.4, 0.5) is 0 Å². The lowest BCUT2D eigenvalue weighted by Gasteiger charge is -2.05. The summed E-state index contributed by atoms with van der Waals surface area (Å²) in [7, 11) is -2.03. The molecule has 0 saturated carbocycles. The zero-order valence-corrected chi connectivity index (χ0v) is 14.8. The minimum absolute atomic E-state index is 0.0859. The smallest absolute Gasteiger partial charge is 0.250 e. The van der Waals surface area contributed by atoms with Crippen LogP contribution in [0, 0.1) is 6.92 Å². The van der Waals surface area contributed by atoms with Crippen LogP contribution in [-0.2, 0) is 22.6 Å². The fraction of sp³-hybridized carbons (Fsp3) is 0.400. The van der Waals surface area contributed by atoms with Gasteiger partial charge < -0.3 is 8.98 Å². The first-order chi connectivity index (χ1) is 11.3. The molecular weight excluding hydrogens is 330 g/mol. The van der Waals surface area contributed by atoms with E-state index in [4.69, 9.17) is 4.42 Å². The fourth-order valence-corrected chi connectivity index (χ4v) is 3.78. The van der Waals surface area contributed by atoms with Crippen molar-refractivity contribution in [1.29, 1.82) is 0 Å². The molecule has 0 atom stereocenters. The summed E-state index contributed by atoms with van der Waals surface area (Å²) in [6, 6.07) is 3.61. The molecule has 3 aromatic heterocycles. The van der Waals surface area contributed by atoms with Crippen LogP contribution in [0.3, 0.4) is 0 Å². The Kier molecular flexibility index (Phi) is 4.04. The summed E-state index contributed by atoms with van der Waals surface area (Å²) in [5.41, 5.74) is 1.20. The summed E-state index contributed by atoms with van der Waals surface area (Å²) < 4.78 is 33.8. The van der Waals surface area contributed by atoms with Gasteiger partial charge in [-0.15, -0.1) is 10.2 Å². The number of aromatic nitrogens is 5. The van der Waals surface area contributed by atoms with Gasteiger partial charge in [0.15, 0.2) is 5.82 Å². The maximum absolute atomic E-state index is 12.7. The summed E-state index contributed by atoms with van der Waals surface area (Å²) in [5, 5.41) is 12.1. The maximum Gasteiger partial charge on any atom is 0.250 e. The summed E-state index contributed by atoms with van der Waals surface area (Å²) in [4.78, 5) is 0. The molecule has 0 radical (unpaired) electrons. The first-order valence-electron chi connectivity index (χ1n) is 7.50. The third-order valence-electron chi connectivity index (χ3n) is 3.74. The Bertz CT molecular complexity index is 965. The van der Waals surface area contributed by atoms with E-state index in [1.54, 1.807) is 37.0 Å². The van der Waals surface area contributed by atoms with Crippen molar-refractivity contribution in [2.45, 2.75) is 37.7 Å². The zero-order valence-electron chi connectivity index (χ0n) is 14.0. The molecule has 0 N–H and O–H groups in total. The van der Waals surface area contributed by atoms with Crippen molar-refractivity contribution < 1.29 is 12.8 Å². The van der Waals surface area contributed by atoms with Crippen molar-refractivity contribution >= 4 is 9.84 Å².